The van der Waals surface area contributed by atoms with Crippen molar-refractivity contribution in [1.29, 1.82) is 0 Å². The summed E-state index contributed by atoms with van der Waals surface area (Å²) in [6.45, 7) is 2.00. The molecule has 0 amide bonds. The molecule has 1 aliphatic heterocycles. The summed E-state index contributed by atoms with van der Waals surface area (Å²) in [5.41, 5.74) is 5.93. The first kappa shape index (κ1) is 22.5. The normalized spacial score (nSPS) is 14.1. The van der Waals surface area contributed by atoms with Gasteiger partial charge < -0.3 is 9.47 Å². The predicted molar refractivity (Wildman–Crippen MR) is 144 cm³/mol. The zero-order valence-electron chi connectivity index (χ0n) is 20.5. The molecule has 0 bridgehead atoms. The number of fused-ring (bicyclic) bond motifs is 4. The molecule has 0 fully saturated rings. The quantitative estimate of drug-likeness (QED) is 0.273. The van der Waals surface area contributed by atoms with Crippen LogP contribution in [0.3, 0.4) is 0 Å². The van der Waals surface area contributed by atoms with E-state index in [1.165, 1.54) is 0 Å². The molecule has 0 N–H and O–H groups in total. The number of methoxy groups -OCH3 is 1. The fraction of sp³-hybridized carbons (Fsp3) is 0.103. The number of aromatic nitrogens is 6. The number of ether oxygens (including phenoxy) is 2. The summed E-state index contributed by atoms with van der Waals surface area (Å²) < 4.78 is 15.4. The van der Waals surface area contributed by atoms with Gasteiger partial charge in [-0.3, -0.25) is 0 Å². The minimum absolute atomic E-state index is 0.253. The minimum Gasteiger partial charge on any atom is -0.497 e. The second-order valence-corrected chi connectivity index (χ2v) is 9.41. The molecule has 4 heterocycles. The molecule has 1 atom stereocenters. The largest absolute Gasteiger partial charge is 0.497 e. The Morgan fingerprint density at radius 3 is 2.42 bits per heavy atom. The molecule has 9 heteroatoms. The van der Waals surface area contributed by atoms with E-state index in [-0.39, 0.29) is 5.92 Å². The summed E-state index contributed by atoms with van der Waals surface area (Å²) in [4.78, 5) is 9.60. The molecule has 0 unspecified atom stereocenters. The molecule has 8 nitrogen and oxygen atoms in total. The lowest BCUT2D eigenvalue weighted by molar-refractivity contribution is 0.402. The molecule has 0 aliphatic carbocycles. The summed E-state index contributed by atoms with van der Waals surface area (Å²) in [7, 11) is 1.66. The van der Waals surface area contributed by atoms with Crippen molar-refractivity contribution < 1.29 is 9.47 Å². The van der Waals surface area contributed by atoms with Gasteiger partial charge in [0.05, 0.1) is 40.6 Å². The number of hydrogen-bond donors (Lipinski definition) is 0. The molecule has 0 saturated carbocycles. The van der Waals surface area contributed by atoms with Gasteiger partial charge in [-0.25, -0.2) is 19.2 Å². The van der Waals surface area contributed by atoms with Gasteiger partial charge in [0.2, 0.25) is 11.8 Å². The third-order valence-corrected chi connectivity index (χ3v) is 7.11. The van der Waals surface area contributed by atoms with Gasteiger partial charge in [-0.05, 0) is 48.9 Å². The van der Waals surface area contributed by atoms with Crippen molar-refractivity contribution in [3.8, 4) is 34.6 Å². The second-order valence-electron chi connectivity index (χ2n) is 9.01. The number of benzene rings is 3. The van der Waals surface area contributed by atoms with Crippen LogP contribution in [0.4, 0.5) is 0 Å². The van der Waals surface area contributed by atoms with E-state index in [2.05, 4.69) is 17.1 Å². The number of hydrogen-bond acceptors (Lipinski definition) is 6. The molecule has 3 aromatic carbocycles. The van der Waals surface area contributed by atoms with Crippen LogP contribution in [0.25, 0.3) is 22.7 Å². The number of aryl methyl sites for hydroxylation is 1. The Balaban J connectivity index is 1.49. The van der Waals surface area contributed by atoms with Crippen molar-refractivity contribution in [3.63, 3.8) is 0 Å². The van der Waals surface area contributed by atoms with Crippen LogP contribution < -0.4 is 9.47 Å². The van der Waals surface area contributed by atoms with Gasteiger partial charge in [0.1, 0.15) is 12.1 Å². The molecule has 0 radical (unpaired) electrons. The number of nitrogens with zero attached hydrogens (tertiary/aromatic N) is 6. The average molecular weight is 521 g/mol. The maximum absolute atomic E-state index is 6.48. The summed E-state index contributed by atoms with van der Waals surface area (Å²) in [6, 6.07) is 25.5. The average Bonchev–Trinajstić information content (AvgIpc) is 3.54. The third-order valence-electron chi connectivity index (χ3n) is 6.78. The highest BCUT2D eigenvalue weighted by atomic mass is 35.5. The Morgan fingerprint density at radius 2 is 1.66 bits per heavy atom. The summed E-state index contributed by atoms with van der Waals surface area (Å²) in [5.74, 6) is 2.13. The second kappa shape index (κ2) is 8.71. The van der Waals surface area contributed by atoms with Crippen LogP contribution in [0.5, 0.6) is 17.5 Å². The van der Waals surface area contributed by atoms with Crippen LogP contribution in [-0.2, 0) is 0 Å². The SMILES string of the molecule is COc1ccc([C@H]2c3c(C)nn(-c4ccccc4)c3Oc3ncn4nc(-c5ccccc5Cl)nc4c32)cc1. The van der Waals surface area contributed by atoms with Gasteiger partial charge in [-0.15, -0.1) is 5.10 Å². The van der Waals surface area contributed by atoms with Gasteiger partial charge in [0.15, 0.2) is 11.5 Å². The molecule has 38 heavy (non-hydrogen) atoms. The maximum atomic E-state index is 6.48. The van der Waals surface area contributed by atoms with E-state index in [0.29, 0.717) is 28.3 Å². The first-order chi connectivity index (χ1) is 18.6. The monoisotopic (exact) mass is 520 g/mol. The predicted octanol–water partition coefficient (Wildman–Crippen LogP) is 6.23. The lowest BCUT2D eigenvalue weighted by Gasteiger charge is -2.26. The molecule has 6 aromatic rings. The van der Waals surface area contributed by atoms with Crippen molar-refractivity contribution >= 4 is 17.2 Å². The Hall–Kier alpha value is -4.69. The van der Waals surface area contributed by atoms with E-state index >= 15 is 0 Å². The van der Waals surface area contributed by atoms with Gasteiger partial charge in [-0.1, -0.05) is 54.1 Å². The molecule has 3 aromatic heterocycles. The highest BCUT2D eigenvalue weighted by molar-refractivity contribution is 6.33. The van der Waals surface area contributed by atoms with Crippen molar-refractivity contribution in [2.75, 3.05) is 7.11 Å². The van der Waals surface area contributed by atoms with Gasteiger partial charge in [0, 0.05) is 5.56 Å². The first-order valence-electron chi connectivity index (χ1n) is 12.1. The van der Waals surface area contributed by atoms with Gasteiger partial charge >= 0.3 is 0 Å². The van der Waals surface area contributed by atoms with Crippen LogP contribution in [0.2, 0.25) is 5.02 Å². The topological polar surface area (TPSA) is 79.4 Å². The summed E-state index contributed by atoms with van der Waals surface area (Å²) in [5, 5.41) is 10.2. The van der Waals surface area contributed by atoms with E-state index in [1.54, 1.807) is 18.0 Å². The van der Waals surface area contributed by atoms with E-state index in [9.17, 15) is 0 Å². The highest BCUT2D eigenvalue weighted by Crippen LogP contribution is 2.50. The maximum Gasteiger partial charge on any atom is 0.230 e. The first-order valence-corrected chi connectivity index (χ1v) is 12.5. The van der Waals surface area contributed by atoms with Crippen LogP contribution in [0.1, 0.15) is 28.3 Å². The van der Waals surface area contributed by atoms with E-state index in [4.69, 9.17) is 36.3 Å². The van der Waals surface area contributed by atoms with Crippen molar-refractivity contribution in [3.05, 3.63) is 113 Å². The van der Waals surface area contributed by atoms with Crippen molar-refractivity contribution in [2.45, 2.75) is 12.8 Å². The van der Waals surface area contributed by atoms with E-state index < -0.39 is 0 Å². The summed E-state index contributed by atoms with van der Waals surface area (Å²) in [6.07, 6.45) is 1.62. The number of halogens is 1. The summed E-state index contributed by atoms with van der Waals surface area (Å²) >= 11 is 6.48. The lowest BCUT2D eigenvalue weighted by atomic mass is 9.84. The zero-order valence-corrected chi connectivity index (χ0v) is 21.3. The molecule has 0 saturated heterocycles. The smallest absolute Gasteiger partial charge is 0.230 e. The Bertz CT molecular complexity index is 1810. The molecule has 1 aliphatic rings. The fourth-order valence-electron chi connectivity index (χ4n) is 5.01. The van der Waals surface area contributed by atoms with Crippen molar-refractivity contribution in [1.82, 2.24) is 29.4 Å². The number of para-hydroxylation sites is 1. The van der Waals surface area contributed by atoms with Crippen LogP contribution in [-0.4, -0.2) is 36.5 Å². The Morgan fingerprint density at radius 1 is 0.895 bits per heavy atom. The molecular formula is C29H21ClN6O2. The van der Waals surface area contributed by atoms with Crippen LogP contribution >= 0.6 is 11.6 Å². The minimum atomic E-state index is -0.253. The van der Waals surface area contributed by atoms with E-state index in [1.807, 2.05) is 78.3 Å². The molecule has 7 rings (SSSR count). The highest BCUT2D eigenvalue weighted by Gasteiger charge is 2.38. The zero-order chi connectivity index (χ0) is 25.8. The lowest BCUT2D eigenvalue weighted by Crippen LogP contribution is -2.16. The molecule has 0 spiro atoms. The standard InChI is InChI=1S/C29H21ClN6O2/c1-17-23-24(18-12-14-20(37-2)15-13-18)25-27-32-26(21-10-6-7-11-22(21)30)34-35(27)16-31-28(25)38-29(23)36(33-17)19-8-4-3-5-9-19/h3-16,24H,1-2H3/t24-/m0/s1. The van der Waals surface area contributed by atoms with Crippen LogP contribution in [0.15, 0.2) is 85.2 Å². The van der Waals surface area contributed by atoms with Crippen LogP contribution in [0, 0.1) is 6.92 Å². The molecule has 186 valence electrons. The fourth-order valence-corrected chi connectivity index (χ4v) is 5.23. The Labute approximate surface area is 223 Å². The number of rotatable bonds is 4. The Kier molecular flexibility index (Phi) is 5.16. The third kappa shape index (κ3) is 3.45. The molecular weight excluding hydrogens is 500 g/mol. The van der Waals surface area contributed by atoms with E-state index in [0.717, 1.165) is 39.4 Å². The van der Waals surface area contributed by atoms with Gasteiger partial charge in [-0.2, -0.15) is 5.10 Å². The van der Waals surface area contributed by atoms with Gasteiger partial charge in [0.25, 0.3) is 0 Å². The van der Waals surface area contributed by atoms with Crippen molar-refractivity contribution in [2.24, 2.45) is 0 Å².